The number of amides is 1. The quantitative estimate of drug-likeness (QED) is 0.755. The summed E-state index contributed by atoms with van der Waals surface area (Å²) < 4.78 is 0. The molecule has 0 saturated carbocycles. The minimum absolute atomic E-state index is 0.0676. The third-order valence-corrected chi connectivity index (χ3v) is 3.73. The molecule has 1 amide bonds. The van der Waals surface area contributed by atoms with Gasteiger partial charge in [-0.2, -0.15) is 0 Å². The zero-order valence-corrected chi connectivity index (χ0v) is 13.0. The Bertz CT molecular complexity index is 390. The number of carbonyl (C=O) groups is 1. The van der Waals surface area contributed by atoms with Gasteiger partial charge in [0.25, 0.3) is 0 Å². The van der Waals surface area contributed by atoms with Gasteiger partial charge in [-0.1, -0.05) is 19.1 Å². The molecule has 1 aromatic rings. The second-order valence-electron chi connectivity index (χ2n) is 4.85. The van der Waals surface area contributed by atoms with Crippen LogP contribution in [0.15, 0.2) is 29.2 Å². The van der Waals surface area contributed by atoms with Gasteiger partial charge in [-0.25, -0.2) is 0 Å². The molecule has 0 aromatic heterocycles. The van der Waals surface area contributed by atoms with Crippen LogP contribution in [0.3, 0.4) is 0 Å². The summed E-state index contributed by atoms with van der Waals surface area (Å²) in [6, 6.07) is 8.57. The summed E-state index contributed by atoms with van der Waals surface area (Å²) in [6.45, 7) is 9.86. The summed E-state index contributed by atoms with van der Waals surface area (Å²) >= 11 is 1.59. The predicted molar refractivity (Wildman–Crippen MR) is 82.4 cm³/mol. The van der Waals surface area contributed by atoms with Gasteiger partial charge in [-0.3, -0.25) is 4.79 Å². The molecule has 0 saturated heterocycles. The fourth-order valence-electron chi connectivity index (χ4n) is 1.61. The van der Waals surface area contributed by atoms with Crippen LogP contribution in [-0.4, -0.2) is 23.7 Å². The average Bonchev–Trinajstić information content (AvgIpc) is 2.37. The number of nitrogens with one attached hydrogen (secondary N) is 2. The Balaban J connectivity index is 2.50. The molecule has 4 heteroatoms. The summed E-state index contributed by atoms with van der Waals surface area (Å²) in [5.41, 5.74) is 1.27. The summed E-state index contributed by atoms with van der Waals surface area (Å²) in [6.07, 6.45) is 0. The molecule has 1 aromatic carbocycles. The average molecular weight is 280 g/mol. The molecule has 0 aliphatic carbocycles. The lowest BCUT2D eigenvalue weighted by Gasteiger charge is -2.14. The SMILES string of the molecule is CCNCc1ccc(SC(C)C(=O)NC(C)C)cc1. The monoisotopic (exact) mass is 280 g/mol. The Hall–Kier alpha value is -1.00. The molecule has 0 aliphatic rings. The van der Waals surface area contributed by atoms with Crippen LogP contribution in [0.2, 0.25) is 0 Å². The van der Waals surface area contributed by atoms with Gasteiger partial charge >= 0.3 is 0 Å². The first kappa shape index (κ1) is 16.1. The highest BCUT2D eigenvalue weighted by Gasteiger charge is 2.14. The topological polar surface area (TPSA) is 41.1 Å². The van der Waals surface area contributed by atoms with Crippen molar-refractivity contribution >= 4 is 17.7 Å². The molecule has 1 atom stereocenters. The highest BCUT2D eigenvalue weighted by Crippen LogP contribution is 2.23. The molecule has 0 aliphatic heterocycles. The Kier molecular flexibility index (Phi) is 6.95. The van der Waals surface area contributed by atoms with Crippen molar-refractivity contribution in [3.8, 4) is 0 Å². The number of benzene rings is 1. The summed E-state index contributed by atoms with van der Waals surface area (Å²) in [4.78, 5) is 13.0. The highest BCUT2D eigenvalue weighted by molar-refractivity contribution is 8.00. The fraction of sp³-hybridized carbons (Fsp3) is 0.533. The van der Waals surface area contributed by atoms with Crippen molar-refractivity contribution in [1.29, 1.82) is 0 Å². The first-order valence-electron chi connectivity index (χ1n) is 6.79. The van der Waals surface area contributed by atoms with Crippen molar-refractivity contribution in [2.75, 3.05) is 6.54 Å². The maximum Gasteiger partial charge on any atom is 0.233 e. The number of carbonyl (C=O) groups excluding carboxylic acids is 1. The second kappa shape index (κ2) is 8.23. The first-order valence-corrected chi connectivity index (χ1v) is 7.67. The van der Waals surface area contributed by atoms with E-state index in [2.05, 4.69) is 41.8 Å². The molecular formula is C15H24N2OS. The van der Waals surface area contributed by atoms with Crippen LogP contribution < -0.4 is 10.6 Å². The molecule has 0 heterocycles. The lowest BCUT2D eigenvalue weighted by molar-refractivity contribution is -0.120. The molecular weight excluding hydrogens is 256 g/mol. The lowest BCUT2D eigenvalue weighted by Crippen LogP contribution is -2.35. The van der Waals surface area contributed by atoms with Crippen LogP contribution in [0.1, 0.15) is 33.3 Å². The molecule has 0 spiro atoms. The van der Waals surface area contributed by atoms with E-state index in [-0.39, 0.29) is 17.2 Å². The third kappa shape index (κ3) is 6.12. The number of hydrogen-bond donors (Lipinski definition) is 2. The molecule has 19 heavy (non-hydrogen) atoms. The van der Waals surface area contributed by atoms with Gasteiger partial charge in [-0.15, -0.1) is 11.8 Å². The van der Waals surface area contributed by atoms with E-state index >= 15 is 0 Å². The van der Waals surface area contributed by atoms with Crippen molar-refractivity contribution in [3.05, 3.63) is 29.8 Å². The van der Waals surface area contributed by atoms with Gasteiger partial charge in [-0.05, 0) is 45.0 Å². The van der Waals surface area contributed by atoms with Crippen LogP contribution in [-0.2, 0) is 11.3 Å². The van der Waals surface area contributed by atoms with Crippen LogP contribution in [0.4, 0.5) is 0 Å². The van der Waals surface area contributed by atoms with E-state index in [1.807, 2.05) is 20.8 Å². The first-order chi connectivity index (χ1) is 9.02. The maximum absolute atomic E-state index is 11.8. The van der Waals surface area contributed by atoms with Gasteiger partial charge in [0, 0.05) is 17.5 Å². The lowest BCUT2D eigenvalue weighted by atomic mass is 10.2. The largest absolute Gasteiger partial charge is 0.353 e. The van der Waals surface area contributed by atoms with Gasteiger partial charge < -0.3 is 10.6 Å². The minimum Gasteiger partial charge on any atom is -0.353 e. The molecule has 3 nitrogen and oxygen atoms in total. The van der Waals surface area contributed by atoms with Crippen molar-refractivity contribution in [3.63, 3.8) is 0 Å². The zero-order valence-electron chi connectivity index (χ0n) is 12.2. The smallest absolute Gasteiger partial charge is 0.233 e. The molecule has 2 N–H and O–H groups in total. The van der Waals surface area contributed by atoms with E-state index in [1.165, 1.54) is 5.56 Å². The van der Waals surface area contributed by atoms with Crippen LogP contribution in [0.25, 0.3) is 0 Å². The minimum atomic E-state index is -0.0676. The summed E-state index contributed by atoms with van der Waals surface area (Å²) in [7, 11) is 0. The molecule has 0 bridgehead atoms. The van der Waals surface area contributed by atoms with Crippen molar-refractivity contribution < 1.29 is 4.79 Å². The highest BCUT2D eigenvalue weighted by atomic mass is 32.2. The van der Waals surface area contributed by atoms with Crippen molar-refractivity contribution in [2.24, 2.45) is 0 Å². The number of thioether (sulfide) groups is 1. The Morgan fingerprint density at radius 2 is 1.84 bits per heavy atom. The Morgan fingerprint density at radius 1 is 1.21 bits per heavy atom. The van der Waals surface area contributed by atoms with E-state index in [4.69, 9.17) is 0 Å². The van der Waals surface area contributed by atoms with Gasteiger partial charge in [0.2, 0.25) is 5.91 Å². The molecule has 106 valence electrons. The fourth-order valence-corrected chi connectivity index (χ4v) is 2.49. The van der Waals surface area contributed by atoms with Gasteiger partial charge in [0.05, 0.1) is 5.25 Å². The predicted octanol–water partition coefficient (Wildman–Crippen LogP) is 2.80. The van der Waals surface area contributed by atoms with E-state index in [9.17, 15) is 4.79 Å². The van der Waals surface area contributed by atoms with Gasteiger partial charge in [0.1, 0.15) is 0 Å². The standard InChI is InChI=1S/C15H24N2OS/c1-5-16-10-13-6-8-14(9-7-13)19-12(4)15(18)17-11(2)3/h6-9,11-12,16H,5,10H2,1-4H3,(H,17,18). The van der Waals surface area contributed by atoms with Crippen molar-refractivity contribution in [1.82, 2.24) is 10.6 Å². The third-order valence-electron chi connectivity index (χ3n) is 2.62. The Morgan fingerprint density at radius 3 is 2.37 bits per heavy atom. The summed E-state index contributed by atoms with van der Waals surface area (Å²) in [5.74, 6) is 0.0942. The van der Waals surface area contributed by atoms with Crippen LogP contribution in [0, 0.1) is 0 Å². The molecule has 0 radical (unpaired) electrons. The zero-order chi connectivity index (χ0) is 14.3. The van der Waals surface area contributed by atoms with Gasteiger partial charge in [0.15, 0.2) is 0 Å². The van der Waals surface area contributed by atoms with Crippen molar-refractivity contribution in [2.45, 2.75) is 50.4 Å². The van der Waals surface area contributed by atoms with Crippen LogP contribution >= 0.6 is 11.8 Å². The normalized spacial score (nSPS) is 12.5. The Labute approximate surface area is 120 Å². The van der Waals surface area contributed by atoms with E-state index in [0.717, 1.165) is 18.0 Å². The maximum atomic E-state index is 11.8. The van der Waals surface area contributed by atoms with Crippen LogP contribution in [0.5, 0.6) is 0 Å². The molecule has 1 unspecified atom stereocenters. The van der Waals surface area contributed by atoms with E-state index in [0.29, 0.717) is 0 Å². The van der Waals surface area contributed by atoms with E-state index < -0.39 is 0 Å². The van der Waals surface area contributed by atoms with E-state index in [1.54, 1.807) is 11.8 Å². The number of rotatable bonds is 7. The number of hydrogen-bond acceptors (Lipinski definition) is 3. The molecule has 0 fully saturated rings. The second-order valence-corrected chi connectivity index (χ2v) is 6.26. The summed E-state index contributed by atoms with van der Waals surface area (Å²) in [5, 5.41) is 6.16. The molecule has 1 rings (SSSR count).